The lowest BCUT2D eigenvalue weighted by Crippen LogP contribution is -2.47. The van der Waals surface area contributed by atoms with E-state index in [2.05, 4.69) is 73.9 Å². The van der Waals surface area contributed by atoms with Gasteiger partial charge in [-0.1, -0.05) is 54.8 Å². The maximum Gasteiger partial charge on any atom is 0.232 e. The minimum absolute atomic E-state index is 0.104. The molecule has 10 heteroatoms. The minimum atomic E-state index is -0.104. The molecule has 3 aromatic rings. The molecule has 3 fully saturated rings. The highest BCUT2D eigenvalue weighted by molar-refractivity contribution is 7.80. The number of nitrogens with one attached hydrogen (secondary N) is 2. The van der Waals surface area contributed by atoms with Crippen molar-refractivity contribution in [2.75, 3.05) is 79.0 Å². The van der Waals surface area contributed by atoms with E-state index in [9.17, 15) is 0 Å². The Morgan fingerprint density at radius 3 is 2.12 bits per heavy atom. The molecule has 0 atom stereocenters. The Balaban J connectivity index is 1.18. The van der Waals surface area contributed by atoms with E-state index in [0.29, 0.717) is 17.6 Å². The fraction of sp³-hybridized carbons (Fsp3) is 0.485. The number of rotatable bonds is 7. The van der Waals surface area contributed by atoms with Crippen LogP contribution in [0.2, 0.25) is 5.02 Å². The summed E-state index contributed by atoms with van der Waals surface area (Å²) in [7, 11) is 0. The lowest BCUT2D eigenvalue weighted by Gasteiger charge is -2.38. The summed E-state index contributed by atoms with van der Waals surface area (Å²) in [4.78, 5) is 17.2. The zero-order valence-corrected chi connectivity index (χ0v) is 26.4. The zero-order valence-electron chi connectivity index (χ0n) is 24.8. The molecule has 0 radical (unpaired) electrons. The van der Waals surface area contributed by atoms with E-state index in [1.165, 1.54) is 36.9 Å². The Morgan fingerprint density at radius 1 is 0.791 bits per heavy atom. The predicted molar refractivity (Wildman–Crippen MR) is 181 cm³/mol. The third-order valence-corrected chi connectivity index (χ3v) is 9.54. The number of nitrogens with zero attached hydrogens (tertiary/aromatic N) is 5. The second kappa shape index (κ2) is 14.1. The number of anilines is 4. The van der Waals surface area contributed by atoms with Crippen molar-refractivity contribution in [2.24, 2.45) is 0 Å². The number of hydrogen-bond donors (Lipinski definition) is 2. The molecule has 0 spiro atoms. The second-order valence-electron chi connectivity index (χ2n) is 11.8. The van der Waals surface area contributed by atoms with Crippen molar-refractivity contribution in [3.8, 4) is 0 Å². The molecule has 3 saturated heterocycles. The Morgan fingerprint density at radius 2 is 1.44 bits per heavy atom. The number of halogens is 1. The molecule has 0 unspecified atom stereocenters. The SMILES string of the molecule is S=C(NCC1(c2cccc(Cl)c2)CCOCC1)Nc1nc(N2CCCCCC2)cc(N2CCN(c3ccccc3)CC2)n1. The van der Waals surface area contributed by atoms with Crippen LogP contribution in [0.3, 0.4) is 0 Å². The van der Waals surface area contributed by atoms with E-state index >= 15 is 0 Å². The van der Waals surface area contributed by atoms with Crippen LogP contribution in [0.1, 0.15) is 44.1 Å². The molecule has 6 rings (SSSR count). The van der Waals surface area contributed by atoms with Gasteiger partial charge in [0.1, 0.15) is 11.6 Å². The van der Waals surface area contributed by atoms with E-state index < -0.39 is 0 Å². The summed E-state index contributed by atoms with van der Waals surface area (Å²) in [6, 6.07) is 21.0. The fourth-order valence-electron chi connectivity index (χ4n) is 6.48. The van der Waals surface area contributed by atoms with Gasteiger partial charge in [-0.05, 0) is 67.7 Å². The molecule has 0 aliphatic carbocycles. The average Bonchev–Trinajstić information content (AvgIpc) is 3.35. The van der Waals surface area contributed by atoms with Gasteiger partial charge < -0.3 is 30.1 Å². The smallest absolute Gasteiger partial charge is 0.232 e. The van der Waals surface area contributed by atoms with E-state index in [1.54, 1.807) is 0 Å². The highest BCUT2D eigenvalue weighted by atomic mass is 35.5. The average molecular weight is 620 g/mol. The zero-order chi connectivity index (χ0) is 29.5. The third kappa shape index (κ3) is 7.51. The molecule has 8 nitrogen and oxygen atoms in total. The van der Waals surface area contributed by atoms with E-state index in [4.69, 9.17) is 38.5 Å². The molecule has 3 aliphatic rings. The Labute approximate surface area is 265 Å². The van der Waals surface area contributed by atoms with Crippen LogP contribution >= 0.6 is 23.8 Å². The fourth-order valence-corrected chi connectivity index (χ4v) is 6.83. The van der Waals surface area contributed by atoms with Crippen molar-refractivity contribution < 1.29 is 4.74 Å². The summed E-state index contributed by atoms with van der Waals surface area (Å²) in [6.45, 7) is 7.86. The van der Waals surface area contributed by atoms with Gasteiger partial charge in [-0.15, -0.1) is 0 Å². The van der Waals surface area contributed by atoms with Crippen LogP contribution in [0.4, 0.5) is 23.3 Å². The van der Waals surface area contributed by atoms with Crippen molar-refractivity contribution in [3.05, 3.63) is 71.2 Å². The third-order valence-electron chi connectivity index (χ3n) is 9.05. The second-order valence-corrected chi connectivity index (χ2v) is 12.7. The standard InChI is InChI=1S/C33H42ClN7OS/c34-27-10-8-9-26(23-27)33(13-21-42-22-14-33)25-35-32(43)38-31-36-29(40-15-6-1-2-7-16-40)24-30(37-31)41-19-17-39(18-20-41)28-11-4-3-5-12-28/h3-5,8-12,23-24H,1-2,6-7,13-22,25H2,(H2,35,36,37,38,43). The van der Waals surface area contributed by atoms with Gasteiger partial charge in [-0.2, -0.15) is 9.97 Å². The molecule has 0 bridgehead atoms. The summed E-state index contributed by atoms with van der Waals surface area (Å²) in [5.41, 5.74) is 2.39. The van der Waals surface area contributed by atoms with Gasteiger partial charge in [0.05, 0.1) is 0 Å². The lowest BCUT2D eigenvalue weighted by molar-refractivity contribution is 0.0515. The summed E-state index contributed by atoms with van der Waals surface area (Å²) in [5.74, 6) is 2.47. The molecule has 1 aromatic heterocycles. The van der Waals surface area contributed by atoms with E-state index in [0.717, 1.165) is 82.0 Å². The summed E-state index contributed by atoms with van der Waals surface area (Å²) >= 11 is 12.2. The number of ether oxygens (including phenoxy) is 1. The van der Waals surface area contributed by atoms with Crippen LogP contribution in [-0.4, -0.2) is 74.1 Å². The van der Waals surface area contributed by atoms with Crippen molar-refractivity contribution >= 4 is 52.2 Å². The maximum atomic E-state index is 6.39. The van der Waals surface area contributed by atoms with Crippen LogP contribution in [0.5, 0.6) is 0 Å². The van der Waals surface area contributed by atoms with Crippen molar-refractivity contribution in [3.63, 3.8) is 0 Å². The highest BCUT2D eigenvalue weighted by Gasteiger charge is 2.35. The number of thiocarbonyl (C=S) groups is 1. The minimum Gasteiger partial charge on any atom is -0.381 e. The normalized spacial score (nSPS) is 19.0. The number of para-hydroxylation sites is 1. The van der Waals surface area contributed by atoms with Crippen LogP contribution in [0.15, 0.2) is 60.7 Å². The first kappa shape index (κ1) is 29.9. The van der Waals surface area contributed by atoms with Gasteiger partial charge in [0.2, 0.25) is 5.95 Å². The van der Waals surface area contributed by atoms with Gasteiger partial charge in [0, 0.05) is 81.2 Å². The summed E-state index contributed by atoms with van der Waals surface area (Å²) in [5, 5.41) is 8.13. The first-order valence-corrected chi connectivity index (χ1v) is 16.4. The lowest BCUT2D eigenvalue weighted by atomic mass is 9.74. The number of benzene rings is 2. The van der Waals surface area contributed by atoms with Gasteiger partial charge >= 0.3 is 0 Å². The van der Waals surface area contributed by atoms with E-state index in [-0.39, 0.29) is 5.41 Å². The number of hydrogen-bond acceptors (Lipinski definition) is 7. The summed E-state index contributed by atoms with van der Waals surface area (Å²) in [6.07, 6.45) is 6.73. The predicted octanol–water partition coefficient (Wildman–Crippen LogP) is 5.87. The van der Waals surface area contributed by atoms with Crippen molar-refractivity contribution in [2.45, 2.75) is 43.9 Å². The van der Waals surface area contributed by atoms with Crippen LogP contribution in [0, 0.1) is 0 Å². The first-order chi connectivity index (χ1) is 21.1. The maximum absolute atomic E-state index is 6.39. The molecule has 2 aromatic carbocycles. The molecule has 4 heterocycles. The van der Waals surface area contributed by atoms with E-state index in [1.807, 2.05) is 12.1 Å². The molecule has 0 saturated carbocycles. The molecular weight excluding hydrogens is 578 g/mol. The highest BCUT2D eigenvalue weighted by Crippen LogP contribution is 2.35. The van der Waals surface area contributed by atoms with Crippen LogP contribution in [0.25, 0.3) is 0 Å². The molecule has 43 heavy (non-hydrogen) atoms. The summed E-state index contributed by atoms with van der Waals surface area (Å²) < 4.78 is 5.72. The Kier molecular flexibility index (Phi) is 9.81. The van der Waals surface area contributed by atoms with Gasteiger partial charge in [-0.3, -0.25) is 0 Å². The topological polar surface area (TPSA) is 68.8 Å². The van der Waals surface area contributed by atoms with Gasteiger partial charge in [-0.25, -0.2) is 0 Å². The Bertz CT molecular complexity index is 1350. The van der Waals surface area contributed by atoms with Crippen LogP contribution in [-0.2, 0) is 10.2 Å². The Hall–Kier alpha value is -3.14. The molecule has 3 aliphatic heterocycles. The monoisotopic (exact) mass is 619 g/mol. The number of aromatic nitrogens is 2. The largest absolute Gasteiger partial charge is 0.381 e. The van der Waals surface area contributed by atoms with Crippen molar-refractivity contribution in [1.29, 1.82) is 0 Å². The first-order valence-electron chi connectivity index (χ1n) is 15.7. The van der Waals surface area contributed by atoms with Crippen LogP contribution < -0.4 is 25.3 Å². The quantitative estimate of drug-likeness (QED) is 0.316. The molecule has 2 N–H and O–H groups in total. The van der Waals surface area contributed by atoms with Gasteiger partial charge in [0.15, 0.2) is 5.11 Å². The van der Waals surface area contributed by atoms with Crippen molar-refractivity contribution in [1.82, 2.24) is 15.3 Å². The molecule has 228 valence electrons. The molecule has 0 amide bonds. The molecular formula is C33H42ClN7OS. The number of piperazine rings is 1. The van der Waals surface area contributed by atoms with Gasteiger partial charge in [0.25, 0.3) is 0 Å².